The first kappa shape index (κ1) is 13.8. The van der Waals surface area contributed by atoms with Gasteiger partial charge in [0.2, 0.25) is 5.91 Å². The van der Waals surface area contributed by atoms with E-state index in [2.05, 4.69) is 5.32 Å². The van der Waals surface area contributed by atoms with Gasteiger partial charge >= 0.3 is 5.97 Å². The summed E-state index contributed by atoms with van der Waals surface area (Å²) < 4.78 is 27.0. The molecule has 1 amide bonds. The van der Waals surface area contributed by atoms with Gasteiger partial charge in [-0.15, -0.1) is 0 Å². The predicted molar refractivity (Wildman–Crippen MR) is 75.9 cm³/mol. The predicted octanol–water partition coefficient (Wildman–Crippen LogP) is 0.567. The third-order valence-corrected chi connectivity index (χ3v) is 2.63. The maximum atomic E-state index is 11.6. The Morgan fingerprint density at radius 2 is 1.95 bits per heavy atom. The van der Waals surface area contributed by atoms with Crippen molar-refractivity contribution in [3.05, 3.63) is 0 Å². The molecular weight excluding hydrogens is 278 g/mol. The number of cyclic esters (lactones) is 1. The maximum absolute atomic E-state index is 11.6. The number of hydrogen-bond acceptors (Lipinski definition) is 5. The van der Waals surface area contributed by atoms with Crippen molar-refractivity contribution in [2.75, 3.05) is 20.1 Å². The number of amides is 1. The minimum atomic E-state index is -2.69. The lowest BCUT2D eigenvalue weighted by Gasteiger charge is -2.19. The molecule has 0 unspecified atom stereocenters. The Morgan fingerprint density at radius 1 is 1.33 bits per heavy atom. The number of carboxylic acid groups (broad SMARTS) is 1. The van der Waals surface area contributed by atoms with E-state index in [4.69, 9.17) is 24.2 Å². The van der Waals surface area contributed by atoms with E-state index in [1.165, 1.54) is 0 Å². The zero-order chi connectivity index (χ0) is 18.6. The number of likely N-dealkylation sites (N-methyl/N-ethyl adjacent to an activating group) is 1. The van der Waals surface area contributed by atoms with Gasteiger partial charge in [0.25, 0.3) is 6.47 Å². The van der Waals surface area contributed by atoms with Gasteiger partial charge in [0.05, 0.1) is 6.61 Å². The Labute approximate surface area is 128 Å². The van der Waals surface area contributed by atoms with Crippen LogP contribution in [0.15, 0.2) is 0 Å². The quantitative estimate of drug-likeness (QED) is 0.444. The van der Waals surface area contributed by atoms with E-state index in [-0.39, 0.29) is 19.5 Å². The Hall–Kier alpha value is -2.12. The van der Waals surface area contributed by atoms with Gasteiger partial charge in [-0.1, -0.05) is 19.3 Å². The monoisotopic (exact) mass is 304 g/mol. The molecule has 0 saturated carbocycles. The van der Waals surface area contributed by atoms with Crippen LogP contribution in [0, 0.1) is 5.41 Å². The SMILES string of the molecule is O=CO.[2H]C([2H])([2H])N1CC(=O)OCCCCCCCC(=O)NC1=N. The van der Waals surface area contributed by atoms with E-state index in [1.54, 1.807) is 0 Å². The van der Waals surface area contributed by atoms with Crippen LogP contribution in [0.5, 0.6) is 0 Å². The van der Waals surface area contributed by atoms with Gasteiger partial charge in [-0.3, -0.25) is 25.1 Å². The number of carbonyl (C=O) groups is 3. The van der Waals surface area contributed by atoms with E-state index in [1.807, 2.05) is 0 Å². The van der Waals surface area contributed by atoms with Gasteiger partial charge in [-0.2, -0.15) is 0 Å². The molecule has 21 heavy (non-hydrogen) atoms. The molecule has 0 aromatic carbocycles. The average Bonchev–Trinajstić information content (AvgIpc) is 2.46. The van der Waals surface area contributed by atoms with Crippen LogP contribution in [0.25, 0.3) is 0 Å². The normalized spacial score (nSPS) is 21.2. The molecule has 1 heterocycles. The van der Waals surface area contributed by atoms with Crippen LogP contribution in [0.2, 0.25) is 0 Å². The molecule has 0 aliphatic carbocycles. The highest BCUT2D eigenvalue weighted by molar-refractivity contribution is 5.96. The summed E-state index contributed by atoms with van der Waals surface area (Å²) in [6.45, 7) is -3.29. The smallest absolute Gasteiger partial charge is 0.325 e. The summed E-state index contributed by atoms with van der Waals surface area (Å²) in [5.41, 5.74) is 0. The lowest BCUT2D eigenvalue weighted by molar-refractivity contribution is -0.144. The van der Waals surface area contributed by atoms with Crippen LogP contribution in [0.3, 0.4) is 0 Å². The van der Waals surface area contributed by atoms with E-state index >= 15 is 0 Å². The van der Waals surface area contributed by atoms with Crippen molar-refractivity contribution in [1.82, 2.24) is 10.2 Å². The first-order valence-corrected chi connectivity index (χ1v) is 6.62. The summed E-state index contributed by atoms with van der Waals surface area (Å²) in [7, 11) is 0. The van der Waals surface area contributed by atoms with Crippen molar-refractivity contribution < 1.29 is 28.3 Å². The van der Waals surface area contributed by atoms with E-state index in [9.17, 15) is 9.59 Å². The molecule has 1 saturated heterocycles. The molecule has 0 spiro atoms. The molecule has 1 aliphatic rings. The summed E-state index contributed by atoms with van der Waals surface area (Å²) in [5.74, 6) is -1.74. The number of nitrogens with one attached hydrogen (secondary N) is 2. The molecule has 0 aromatic heterocycles. The fraction of sp³-hybridized carbons (Fsp3) is 0.692. The van der Waals surface area contributed by atoms with Crippen molar-refractivity contribution in [2.24, 2.45) is 0 Å². The van der Waals surface area contributed by atoms with Gasteiger partial charge in [0.1, 0.15) is 6.54 Å². The molecule has 120 valence electrons. The number of carbonyl (C=O) groups excluding carboxylic acids is 2. The van der Waals surface area contributed by atoms with E-state index < -0.39 is 31.4 Å². The summed E-state index contributed by atoms with van der Waals surface area (Å²) in [6, 6.07) is 0. The summed E-state index contributed by atoms with van der Waals surface area (Å²) >= 11 is 0. The molecule has 1 aliphatic heterocycles. The van der Waals surface area contributed by atoms with Gasteiger partial charge in [0, 0.05) is 17.5 Å². The lowest BCUT2D eigenvalue weighted by Crippen LogP contribution is -2.43. The van der Waals surface area contributed by atoms with Gasteiger partial charge in [0.15, 0.2) is 5.96 Å². The summed E-state index contributed by atoms with van der Waals surface area (Å²) in [4.78, 5) is 32.2. The van der Waals surface area contributed by atoms with Crippen molar-refractivity contribution in [3.8, 4) is 0 Å². The minimum Gasteiger partial charge on any atom is -0.483 e. The van der Waals surface area contributed by atoms with Crippen LogP contribution in [0.4, 0.5) is 0 Å². The molecule has 1 fully saturated rings. The standard InChI is InChI=1S/C12H21N3O3.CH2O2/c1-15-9-11(17)18-8-6-4-2-3-5-7-10(16)14-12(15)13;2-1-3/h2-9H2,1H3,(H2,13,14,16);1H,(H,2,3)/i1D3;. The number of ether oxygens (including phenoxy) is 1. The largest absolute Gasteiger partial charge is 0.483 e. The van der Waals surface area contributed by atoms with E-state index in [0.29, 0.717) is 17.7 Å². The zero-order valence-electron chi connectivity index (χ0n) is 14.8. The highest BCUT2D eigenvalue weighted by Crippen LogP contribution is 2.06. The highest BCUT2D eigenvalue weighted by Gasteiger charge is 2.13. The second kappa shape index (κ2) is 11.7. The van der Waals surface area contributed by atoms with Crippen LogP contribution < -0.4 is 5.32 Å². The second-order valence-electron chi connectivity index (χ2n) is 4.33. The Balaban J connectivity index is 0.00000163. The maximum Gasteiger partial charge on any atom is 0.325 e. The molecule has 3 N–H and O–H groups in total. The van der Waals surface area contributed by atoms with Crippen molar-refractivity contribution in [1.29, 1.82) is 5.41 Å². The van der Waals surface area contributed by atoms with Crippen LogP contribution >= 0.6 is 0 Å². The lowest BCUT2D eigenvalue weighted by atomic mass is 10.1. The van der Waals surface area contributed by atoms with Crippen LogP contribution in [-0.4, -0.2) is 54.4 Å². The highest BCUT2D eigenvalue weighted by atomic mass is 16.5. The average molecular weight is 304 g/mol. The van der Waals surface area contributed by atoms with Crippen molar-refractivity contribution >= 4 is 24.3 Å². The molecule has 8 nitrogen and oxygen atoms in total. The molecule has 8 heteroatoms. The number of guanidine groups is 1. The second-order valence-corrected chi connectivity index (χ2v) is 4.33. The number of rotatable bonds is 0. The van der Waals surface area contributed by atoms with Crippen molar-refractivity contribution in [3.63, 3.8) is 0 Å². The van der Waals surface area contributed by atoms with Gasteiger partial charge in [-0.05, 0) is 12.8 Å². The van der Waals surface area contributed by atoms with Crippen molar-refractivity contribution in [2.45, 2.75) is 38.5 Å². The van der Waals surface area contributed by atoms with E-state index in [0.717, 1.165) is 19.3 Å². The fourth-order valence-corrected chi connectivity index (χ4v) is 1.62. The van der Waals surface area contributed by atoms with Crippen LogP contribution in [0.1, 0.15) is 42.6 Å². The molecular formula is C13H23N3O5. The first-order valence-electron chi connectivity index (χ1n) is 8.12. The Kier molecular flexibility index (Phi) is 7.70. The fourth-order valence-electron chi connectivity index (χ4n) is 1.62. The molecule has 0 radical (unpaired) electrons. The Morgan fingerprint density at radius 3 is 2.62 bits per heavy atom. The number of hydrogen-bond donors (Lipinski definition) is 3. The zero-order valence-corrected chi connectivity index (χ0v) is 11.8. The molecule has 0 aromatic rings. The first-order chi connectivity index (χ1) is 11.2. The topological polar surface area (TPSA) is 120 Å². The molecule has 1 rings (SSSR count). The molecule has 0 bridgehead atoms. The van der Waals surface area contributed by atoms with Gasteiger partial charge < -0.3 is 14.7 Å². The number of esters is 1. The Bertz CT molecular complexity index is 443. The molecule has 0 atom stereocenters. The number of nitrogens with zero attached hydrogens (tertiary/aromatic N) is 1. The summed E-state index contributed by atoms with van der Waals surface area (Å²) in [6.07, 6.45) is 4.35. The summed E-state index contributed by atoms with van der Waals surface area (Å²) in [5, 5.41) is 16.8. The minimum absolute atomic E-state index is 0.238. The van der Waals surface area contributed by atoms with Gasteiger partial charge in [-0.25, -0.2) is 0 Å². The third kappa shape index (κ3) is 10.3. The van der Waals surface area contributed by atoms with Crippen LogP contribution in [-0.2, 0) is 19.1 Å². The third-order valence-electron chi connectivity index (χ3n) is 2.63.